The van der Waals surface area contributed by atoms with E-state index in [9.17, 15) is 0 Å². The molecule has 1 aromatic carbocycles. The standard InChI is InChI=1S/C14H14N2S/c1-2-16-12-5-3-4-6-13(12)17-14(16)11-7-9-15-10-8-11/h3-10,14H,2H2,1H3. The summed E-state index contributed by atoms with van der Waals surface area (Å²) in [7, 11) is 0. The molecule has 2 heterocycles. The third-order valence-electron chi connectivity index (χ3n) is 3.03. The van der Waals surface area contributed by atoms with Gasteiger partial charge < -0.3 is 4.90 Å². The van der Waals surface area contributed by atoms with Crippen LogP contribution < -0.4 is 4.90 Å². The van der Waals surface area contributed by atoms with Crippen LogP contribution >= 0.6 is 11.8 Å². The lowest BCUT2D eigenvalue weighted by atomic mass is 10.2. The molecule has 1 atom stereocenters. The first-order valence-electron chi connectivity index (χ1n) is 5.82. The Morgan fingerprint density at radius 1 is 1.18 bits per heavy atom. The molecular formula is C14H14N2S. The van der Waals surface area contributed by atoms with Crippen molar-refractivity contribution >= 4 is 17.4 Å². The van der Waals surface area contributed by atoms with Gasteiger partial charge in [-0.1, -0.05) is 23.9 Å². The van der Waals surface area contributed by atoms with Gasteiger partial charge in [-0.3, -0.25) is 4.98 Å². The van der Waals surface area contributed by atoms with Crippen molar-refractivity contribution in [2.24, 2.45) is 0 Å². The molecule has 1 aromatic heterocycles. The smallest absolute Gasteiger partial charge is 0.105 e. The maximum Gasteiger partial charge on any atom is 0.105 e. The Morgan fingerprint density at radius 3 is 2.71 bits per heavy atom. The van der Waals surface area contributed by atoms with Gasteiger partial charge in [0.05, 0.1) is 5.69 Å². The predicted octanol–water partition coefficient (Wildman–Crippen LogP) is 3.71. The molecule has 1 unspecified atom stereocenters. The van der Waals surface area contributed by atoms with E-state index < -0.39 is 0 Å². The van der Waals surface area contributed by atoms with E-state index >= 15 is 0 Å². The second-order valence-corrected chi connectivity index (χ2v) is 5.13. The Morgan fingerprint density at radius 2 is 1.94 bits per heavy atom. The predicted molar refractivity (Wildman–Crippen MR) is 72.3 cm³/mol. The van der Waals surface area contributed by atoms with Crippen LogP contribution in [0, 0.1) is 0 Å². The van der Waals surface area contributed by atoms with Crippen molar-refractivity contribution in [3.05, 3.63) is 54.4 Å². The number of thioether (sulfide) groups is 1. The van der Waals surface area contributed by atoms with E-state index in [0.717, 1.165) is 6.54 Å². The van der Waals surface area contributed by atoms with Gasteiger partial charge in [0.15, 0.2) is 0 Å². The van der Waals surface area contributed by atoms with Crippen molar-refractivity contribution in [2.45, 2.75) is 17.2 Å². The molecule has 2 nitrogen and oxygen atoms in total. The topological polar surface area (TPSA) is 16.1 Å². The Labute approximate surface area is 106 Å². The molecule has 0 fully saturated rings. The monoisotopic (exact) mass is 242 g/mol. The summed E-state index contributed by atoms with van der Waals surface area (Å²) in [5, 5.41) is 0.389. The molecule has 0 saturated heterocycles. The number of pyridine rings is 1. The fourth-order valence-corrected chi connectivity index (χ4v) is 3.60. The lowest BCUT2D eigenvalue weighted by Crippen LogP contribution is -2.22. The molecule has 86 valence electrons. The van der Waals surface area contributed by atoms with Crippen molar-refractivity contribution in [1.29, 1.82) is 0 Å². The third kappa shape index (κ3) is 1.80. The van der Waals surface area contributed by atoms with Crippen LogP contribution in [0.15, 0.2) is 53.7 Å². The summed E-state index contributed by atoms with van der Waals surface area (Å²) in [6.45, 7) is 3.23. The van der Waals surface area contributed by atoms with E-state index in [-0.39, 0.29) is 0 Å². The highest BCUT2D eigenvalue weighted by Gasteiger charge is 2.29. The fraction of sp³-hybridized carbons (Fsp3) is 0.214. The minimum Gasteiger partial charge on any atom is -0.354 e. The van der Waals surface area contributed by atoms with Crippen LogP contribution in [0.2, 0.25) is 0 Å². The second-order valence-electron chi connectivity index (χ2n) is 4.00. The number of hydrogen-bond acceptors (Lipinski definition) is 3. The highest BCUT2D eigenvalue weighted by Crippen LogP contribution is 2.50. The number of fused-ring (bicyclic) bond motifs is 1. The molecule has 0 radical (unpaired) electrons. The average molecular weight is 242 g/mol. The van der Waals surface area contributed by atoms with E-state index in [1.165, 1.54) is 16.1 Å². The SMILES string of the molecule is CCN1c2ccccc2SC1c1ccncc1. The summed E-state index contributed by atoms with van der Waals surface area (Å²) in [5.41, 5.74) is 2.67. The van der Waals surface area contributed by atoms with E-state index in [4.69, 9.17) is 0 Å². The summed E-state index contributed by atoms with van der Waals surface area (Å²) < 4.78 is 0. The highest BCUT2D eigenvalue weighted by atomic mass is 32.2. The van der Waals surface area contributed by atoms with Gasteiger partial charge >= 0.3 is 0 Å². The Kier molecular flexibility index (Phi) is 2.77. The minimum absolute atomic E-state index is 0.389. The maximum atomic E-state index is 4.09. The van der Waals surface area contributed by atoms with Crippen LogP contribution in [0.4, 0.5) is 5.69 Å². The Hall–Kier alpha value is -1.48. The van der Waals surface area contributed by atoms with E-state index in [1.54, 1.807) is 0 Å². The zero-order chi connectivity index (χ0) is 11.7. The van der Waals surface area contributed by atoms with Gasteiger partial charge in [-0.15, -0.1) is 0 Å². The molecule has 3 rings (SSSR count). The van der Waals surface area contributed by atoms with Crippen LogP contribution in [0.25, 0.3) is 0 Å². The van der Waals surface area contributed by atoms with Crippen molar-refractivity contribution in [1.82, 2.24) is 4.98 Å². The number of anilines is 1. The van der Waals surface area contributed by atoms with Crippen molar-refractivity contribution in [3.8, 4) is 0 Å². The van der Waals surface area contributed by atoms with E-state index in [1.807, 2.05) is 24.2 Å². The van der Waals surface area contributed by atoms with Crippen molar-refractivity contribution < 1.29 is 0 Å². The van der Waals surface area contributed by atoms with Crippen LogP contribution in [0.1, 0.15) is 17.9 Å². The van der Waals surface area contributed by atoms with Crippen LogP contribution in [0.3, 0.4) is 0 Å². The summed E-state index contributed by atoms with van der Waals surface area (Å²) in [4.78, 5) is 7.90. The summed E-state index contributed by atoms with van der Waals surface area (Å²) >= 11 is 1.92. The molecular weight excluding hydrogens is 228 g/mol. The zero-order valence-electron chi connectivity index (χ0n) is 9.71. The Bertz CT molecular complexity index is 513. The number of rotatable bonds is 2. The lowest BCUT2D eigenvalue weighted by molar-refractivity contribution is 0.823. The fourth-order valence-electron chi connectivity index (χ4n) is 2.22. The molecule has 3 heteroatoms. The normalized spacial score (nSPS) is 18.2. The summed E-state index contributed by atoms with van der Waals surface area (Å²) in [6, 6.07) is 12.8. The number of benzene rings is 1. The lowest BCUT2D eigenvalue weighted by Gasteiger charge is -2.25. The molecule has 17 heavy (non-hydrogen) atoms. The summed E-state index contributed by atoms with van der Waals surface area (Å²) in [6.07, 6.45) is 3.74. The quantitative estimate of drug-likeness (QED) is 0.798. The maximum absolute atomic E-state index is 4.09. The number of aromatic nitrogens is 1. The van der Waals surface area contributed by atoms with E-state index in [2.05, 4.69) is 53.2 Å². The van der Waals surface area contributed by atoms with Crippen LogP contribution in [-0.2, 0) is 0 Å². The van der Waals surface area contributed by atoms with Gasteiger partial charge in [-0.05, 0) is 36.8 Å². The van der Waals surface area contributed by atoms with Gasteiger partial charge in [0.2, 0.25) is 0 Å². The molecule has 1 aliphatic rings. The molecule has 0 saturated carbocycles. The molecule has 1 aliphatic heterocycles. The second kappa shape index (κ2) is 4.41. The van der Waals surface area contributed by atoms with E-state index in [0.29, 0.717) is 5.37 Å². The first-order valence-corrected chi connectivity index (χ1v) is 6.70. The number of para-hydroxylation sites is 1. The average Bonchev–Trinajstić information content (AvgIpc) is 2.78. The number of nitrogens with zero attached hydrogens (tertiary/aromatic N) is 2. The highest BCUT2D eigenvalue weighted by molar-refractivity contribution is 8.00. The molecule has 0 aliphatic carbocycles. The zero-order valence-corrected chi connectivity index (χ0v) is 10.5. The van der Waals surface area contributed by atoms with Gasteiger partial charge in [-0.2, -0.15) is 0 Å². The van der Waals surface area contributed by atoms with Gasteiger partial charge in [0, 0.05) is 23.8 Å². The van der Waals surface area contributed by atoms with Gasteiger partial charge in [0.1, 0.15) is 5.37 Å². The van der Waals surface area contributed by atoms with Crippen molar-refractivity contribution in [3.63, 3.8) is 0 Å². The summed E-state index contributed by atoms with van der Waals surface area (Å²) in [5.74, 6) is 0. The molecule has 2 aromatic rings. The minimum atomic E-state index is 0.389. The van der Waals surface area contributed by atoms with Gasteiger partial charge in [0.25, 0.3) is 0 Å². The molecule has 0 bridgehead atoms. The molecule has 0 spiro atoms. The van der Waals surface area contributed by atoms with Crippen LogP contribution in [-0.4, -0.2) is 11.5 Å². The van der Waals surface area contributed by atoms with Crippen LogP contribution in [0.5, 0.6) is 0 Å². The largest absolute Gasteiger partial charge is 0.354 e. The first-order chi connectivity index (χ1) is 8.40. The molecule has 0 amide bonds. The van der Waals surface area contributed by atoms with Gasteiger partial charge in [-0.25, -0.2) is 0 Å². The first kappa shape index (κ1) is 10.7. The Balaban J connectivity index is 2.00. The molecule has 0 N–H and O–H groups in total. The number of hydrogen-bond donors (Lipinski definition) is 0. The third-order valence-corrected chi connectivity index (χ3v) is 4.38. The van der Waals surface area contributed by atoms with Crippen molar-refractivity contribution in [2.75, 3.05) is 11.4 Å².